The van der Waals surface area contributed by atoms with Crippen LogP contribution in [0.3, 0.4) is 0 Å². The Labute approximate surface area is 326 Å². The van der Waals surface area contributed by atoms with Gasteiger partial charge in [0.1, 0.15) is 30.1 Å². The van der Waals surface area contributed by atoms with Gasteiger partial charge in [-0.05, 0) is 58.9 Å². The second-order valence-electron chi connectivity index (χ2n) is 11.6. The van der Waals surface area contributed by atoms with Gasteiger partial charge in [0.15, 0.2) is 0 Å². The summed E-state index contributed by atoms with van der Waals surface area (Å²) in [5.74, 6) is 5.66. The number of aliphatic hydroxyl groups excluding tert-OH is 1. The Balaban J connectivity index is 0.00000113. The first kappa shape index (κ1) is 53.1. The van der Waals surface area contributed by atoms with E-state index in [1.54, 1.807) is 6.20 Å². The van der Waals surface area contributed by atoms with Crippen molar-refractivity contribution in [3.63, 3.8) is 0 Å². The molecule has 1 aliphatic heterocycles. The molecule has 3 rings (SSSR count). The van der Waals surface area contributed by atoms with E-state index >= 15 is 0 Å². The minimum atomic E-state index is -5.67. The molecular weight excluding hydrogens is 781 g/mol. The summed E-state index contributed by atoms with van der Waals surface area (Å²) in [7, 11) is -16.6. The number of nitrogens with zero attached hydrogens (tertiary/aromatic N) is 6. The molecular formula is C32H65N8O12P3. The zero-order valence-electron chi connectivity index (χ0n) is 33.6. The van der Waals surface area contributed by atoms with E-state index in [1.807, 2.05) is 0 Å². The molecule has 1 saturated heterocycles. The molecule has 23 heteroatoms. The van der Waals surface area contributed by atoms with Crippen LogP contribution in [0.5, 0.6) is 0 Å². The number of phosphoric acid groups is 3. The molecule has 0 aliphatic carbocycles. The molecule has 3 heterocycles. The summed E-state index contributed by atoms with van der Waals surface area (Å²) >= 11 is 0. The van der Waals surface area contributed by atoms with Gasteiger partial charge in [0.05, 0.1) is 30.2 Å². The van der Waals surface area contributed by atoms with Gasteiger partial charge < -0.3 is 60.2 Å². The molecule has 0 amide bonds. The smallest absolute Gasteiger partial charge is 0.390 e. The van der Waals surface area contributed by atoms with Crippen LogP contribution >= 0.6 is 23.5 Å². The van der Waals surface area contributed by atoms with Gasteiger partial charge in [-0.2, -0.15) is 8.62 Å². The standard InChI is InChI=1S/C14H20N5O12P3.3C6H15N/c15-3-1-2-8-5-19(14-12(8)13(16)17-7-18-14)11-4-9(20)10(29-11)6-28-33(24,25)31-34(26,27)30-32(21,22)23;3*1-4-7(5-2)6-3/h5,7,9-11,20H,3-4,6,15H2,(H,24,25)(H,26,27)(H2,16,17,18)(H2,21,22,23);3*4-6H2,1-3H3/t9-,10+,11+;;;/m0.../s1. The summed E-state index contributed by atoms with van der Waals surface area (Å²) in [6.45, 7) is 29.7. The van der Waals surface area contributed by atoms with Gasteiger partial charge in [0.2, 0.25) is 0 Å². The fourth-order valence-corrected chi connectivity index (χ4v) is 8.12. The fraction of sp³-hybridized carbons (Fsp3) is 0.750. The Bertz CT molecular complexity index is 1530. The molecule has 5 atom stereocenters. The average molecular weight is 847 g/mol. The Kier molecular flexibility index (Phi) is 26.0. The van der Waals surface area contributed by atoms with Crippen LogP contribution in [0.4, 0.5) is 5.82 Å². The van der Waals surface area contributed by atoms with Crippen LogP contribution in [0.1, 0.15) is 80.5 Å². The van der Waals surface area contributed by atoms with Crippen molar-refractivity contribution in [2.45, 2.75) is 87.2 Å². The predicted octanol–water partition coefficient (Wildman–Crippen LogP) is 3.36. The normalized spacial score (nSPS) is 19.0. The molecule has 55 heavy (non-hydrogen) atoms. The van der Waals surface area contributed by atoms with E-state index in [-0.39, 0.29) is 18.8 Å². The topological polar surface area (TPSA) is 282 Å². The molecule has 2 aromatic rings. The predicted molar refractivity (Wildman–Crippen MR) is 213 cm³/mol. The first-order valence-corrected chi connectivity index (χ1v) is 22.9. The molecule has 2 aromatic heterocycles. The van der Waals surface area contributed by atoms with E-state index in [4.69, 9.17) is 26.0 Å². The maximum absolute atomic E-state index is 11.9. The van der Waals surface area contributed by atoms with Crippen molar-refractivity contribution in [3.8, 4) is 11.8 Å². The van der Waals surface area contributed by atoms with E-state index in [2.05, 4.69) is 112 Å². The Morgan fingerprint density at radius 2 is 1.29 bits per heavy atom. The third-order valence-electron chi connectivity index (χ3n) is 8.32. The van der Waals surface area contributed by atoms with Crippen LogP contribution in [0.25, 0.3) is 11.0 Å². The van der Waals surface area contributed by atoms with Crippen LogP contribution in [0, 0.1) is 11.8 Å². The van der Waals surface area contributed by atoms with Crippen molar-refractivity contribution in [2.24, 2.45) is 5.73 Å². The van der Waals surface area contributed by atoms with E-state index in [9.17, 15) is 28.6 Å². The maximum Gasteiger partial charge on any atom is 0.490 e. The monoisotopic (exact) mass is 846 g/mol. The highest BCUT2D eigenvalue weighted by atomic mass is 31.3. The molecule has 1 aliphatic rings. The number of anilines is 1. The SMILES string of the molecule is CCN(CC)CC.CCN(CC)CC.CCN(CC)CC.NCC#Cc1cn([C@H]2C[C@H](O)[C@@H](COP(=O)(O)OP(=O)(O)OP(=O)(O)O)O2)c2ncnc(N)c12. The van der Waals surface area contributed by atoms with Crippen LogP contribution in [-0.2, 0) is 31.6 Å². The van der Waals surface area contributed by atoms with Gasteiger partial charge in [-0.25, -0.2) is 23.7 Å². The Hall–Kier alpha value is -1.85. The molecule has 0 saturated carbocycles. The van der Waals surface area contributed by atoms with E-state index < -0.39 is 48.5 Å². The highest BCUT2D eigenvalue weighted by Gasteiger charge is 2.43. The van der Waals surface area contributed by atoms with E-state index in [0.717, 1.165) is 0 Å². The highest BCUT2D eigenvalue weighted by Crippen LogP contribution is 2.66. The zero-order valence-corrected chi connectivity index (χ0v) is 36.3. The summed E-state index contributed by atoms with van der Waals surface area (Å²) < 4.78 is 52.9. The third kappa shape index (κ3) is 20.4. The number of nitrogen functional groups attached to an aromatic ring is 1. The molecule has 2 unspecified atom stereocenters. The van der Waals surface area contributed by atoms with Gasteiger partial charge in [0.25, 0.3) is 0 Å². The molecule has 320 valence electrons. The van der Waals surface area contributed by atoms with Gasteiger partial charge in [0, 0.05) is 12.6 Å². The summed E-state index contributed by atoms with van der Waals surface area (Å²) in [4.78, 5) is 51.1. The van der Waals surface area contributed by atoms with Crippen molar-refractivity contribution in [1.29, 1.82) is 0 Å². The molecule has 1 fully saturated rings. The second-order valence-corrected chi connectivity index (χ2v) is 16.0. The number of aliphatic hydroxyl groups is 1. The third-order valence-corrected chi connectivity index (χ3v) is 12.1. The molecule has 0 radical (unpaired) electrons. The van der Waals surface area contributed by atoms with Crippen molar-refractivity contribution in [1.82, 2.24) is 29.2 Å². The molecule has 0 spiro atoms. The number of nitrogens with two attached hydrogens (primary N) is 2. The van der Waals surface area contributed by atoms with Crippen molar-refractivity contribution in [2.75, 3.05) is 77.8 Å². The Morgan fingerprint density at radius 3 is 1.69 bits per heavy atom. The number of ether oxygens (including phenoxy) is 1. The number of aromatic nitrogens is 3. The number of rotatable bonds is 17. The molecule has 0 bridgehead atoms. The summed E-state index contributed by atoms with van der Waals surface area (Å²) in [6.07, 6.45) is -0.554. The maximum atomic E-state index is 11.9. The van der Waals surface area contributed by atoms with Crippen LogP contribution in [0.15, 0.2) is 12.5 Å². The minimum absolute atomic E-state index is 0.0259. The van der Waals surface area contributed by atoms with Crippen molar-refractivity contribution in [3.05, 3.63) is 18.1 Å². The number of hydrogen-bond donors (Lipinski definition) is 7. The minimum Gasteiger partial charge on any atom is -0.390 e. The van der Waals surface area contributed by atoms with Gasteiger partial charge >= 0.3 is 23.5 Å². The number of fused-ring (bicyclic) bond motifs is 1. The number of phosphoric ester groups is 1. The Morgan fingerprint density at radius 1 is 0.818 bits per heavy atom. The van der Waals surface area contributed by atoms with Gasteiger partial charge in [-0.15, -0.1) is 0 Å². The van der Waals surface area contributed by atoms with Crippen LogP contribution in [0.2, 0.25) is 0 Å². The average Bonchev–Trinajstić information content (AvgIpc) is 3.68. The fourth-order valence-electron chi connectivity index (χ4n) is 5.09. The van der Waals surface area contributed by atoms with Crippen LogP contribution in [-0.4, -0.2) is 138 Å². The highest BCUT2D eigenvalue weighted by molar-refractivity contribution is 7.66. The van der Waals surface area contributed by atoms with Gasteiger partial charge in [-0.1, -0.05) is 74.2 Å². The second kappa shape index (κ2) is 27.0. The van der Waals surface area contributed by atoms with E-state index in [0.29, 0.717) is 16.6 Å². The lowest BCUT2D eigenvalue weighted by atomic mass is 10.2. The van der Waals surface area contributed by atoms with Gasteiger partial charge in [-0.3, -0.25) is 4.52 Å². The van der Waals surface area contributed by atoms with E-state index in [1.165, 1.54) is 69.8 Å². The lowest BCUT2D eigenvalue weighted by Crippen LogP contribution is -2.26. The molecule has 0 aromatic carbocycles. The lowest BCUT2D eigenvalue weighted by molar-refractivity contribution is -0.0421. The molecule has 20 nitrogen and oxygen atoms in total. The largest absolute Gasteiger partial charge is 0.490 e. The lowest BCUT2D eigenvalue weighted by Gasteiger charge is -2.19. The zero-order chi connectivity index (χ0) is 42.4. The molecule has 9 N–H and O–H groups in total. The van der Waals surface area contributed by atoms with Crippen LogP contribution < -0.4 is 11.5 Å². The summed E-state index contributed by atoms with van der Waals surface area (Å²) in [5.41, 5.74) is 12.1. The first-order valence-electron chi connectivity index (χ1n) is 18.3. The van der Waals surface area contributed by atoms with Crippen molar-refractivity contribution >= 4 is 40.3 Å². The summed E-state index contributed by atoms with van der Waals surface area (Å²) in [6, 6.07) is 0. The number of hydrogen-bond acceptors (Lipinski definition) is 15. The van der Waals surface area contributed by atoms with Crippen molar-refractivity contribution < 1.29 is 56.3 Å². The summed E-state index contributed by atoms with van der Waals surface area (Å²) in [5, 5.41) is 10.7. The quantitative estimate of drug-likeness (QED) is 0.0888. The first-order chi connectivity index (χ1) is 25.8.